The van der Waals surface area contributed by atoms with Gasteiger partial charge >= 0.3 is 5.97 Å². The standard InChI is InChI=1S/C18H29N3O5/c1-13-15(18(23)26-12-11-24-3)14(2)20-16(13)17(22)19-5-4-6-21-7-9-25-10-8-21/h20H,4-12H2,1-3H3,(H,19,22). The molecule has 2 heterocycles. The summed E-state index contributed by atoms with van der Waals surface area (Å²) in [5.74, 6) is -0.650. The summed E-state index contributed by atoms with van der Waals surface area (Å²) < 4.78 is 15.3. The highest BCUT2D eigenvalue weighted by atomic mass is 16.6. The molecule has 8 nitrogen and oxygen atoms in total. The molecule has 1 saturated heterocycles. The molecule has 8 heteroatoms. The number of aromatic amines is 1. The molecule has 2 rings (SSSR count). The van der Waals surface area contributed by atoms with Crippen LogP contribution in [0, 0.1) is 13.8 Å². The van der Waals surface area contributed by atoms with E-state index in [2.05, 4.69) is 15.2 Å². The van der Waals surface area contributed by atoms with Crippen LogP contribution in [-0.2, 0) is 14.2 Å². The minimum absolute atomic E-state index is 0.183. The highest BCUT2D eigenvalue weighted by Crippen LogP contribution is 2.19. The van der Waals surface area contributed by atoms with E-state index in [0.717, 1.165) is 39.3 Å². The van der Waals surface area contributed by atoms with Crippen LogP contribution in [0.1, 0.15) is 38.5 Å². The average Bonchev–Trinajstić information content (AvgIpc) is 2.94. The van der Waals surface area contributed by atoms with Gasteiger partial charge < -0.3 is 24.5 Å². The third kappa shape index (κ3) is 5.55. The zero-order valence-electron chi connectivity index (χ0n) is 15.9. The van der Waals surface area contributed by atoms with Crippen LogP contribution in [0.2, 0.25) is 0 Å². The molecule has 1 aromatic heterocycles. The van der Waals surface area contributed by atoms with E-state index in [1.165, 1.54) is 0 Å². The van der Waals surface area contributed by atoms with E-state index in [1.807, 2.05) is 0 Å². The number of nitrogens with zero attached hydrogens (tertiary/aromatic N) is 1. The molecule has 0 aliphatic carbocycles. The zero-order chi connectivity index (χ0) is 18.9. The molecule has 1 aromatic rings. The van der Waals surface area contributed by atoms with Crippen molar-refractivity contribution in [2.75, 3.05) is 59.7 Å². The lowest BCUT2D eigenvalue weighted by atomic mass is 10.1. The summed E-state index contributed by atoms with van der Waals surface area (Å²) in [6.07, 6.45) is 0.871. The topological polar surface area (TPSA) is 92.9 Å². The first-order valence-electron chi connectivity index (χ1n) is 8.98. The second-order valence-corrected chi connectivity index (χ2v) is 6.32. The first-order valence-corrected chi connectivity index (χ1v) is 8.98. The van der Waals surface area contributed by atoms with Crippen LogP contribution in [0.5, 0.6) is 0 Å². The summed E-state index contributed by atoms with van der Waals surface area (Å²) in [5, 5.41) is 2.91. The van der Waals surface area contributed by atoms with Gasteiger partial charge in [0, 0.05) is 32.4 Å². The maximum Gasteiger partial charge on any atom is 0.340 e. The van der Waals surface area contributed by atoms with Gasteiger partial charge in [-0.1, -0.05) is 0 Å². The average molecular weight is 367 g/mol. The molecule has 146 valence electrons. The van der Waals surface area contributed by atoms with Crippen LogP contribution in [0.3, 0.4) is 0 Å². The van der Waals surface area contributed by atoms with Crippen molar-refractivity contribution < 1.29 is 23.8 Å². The first-order chi connectivity index (χ1) is 12.5. The Morgan fingerprint density at radius 3 is 2.65 bits per heavy atom. The minimum Gasteiger partial charge on any atom is -0.460 e. The summed E-state index contributed by atoms with van der Waals surface area (Å²) in [4.78, 5) is 29.9. The van der Waals surface area contributed by atoms with Gasteiger partial charge in [0.2, 0.25) is 0 Å². The highest BCUT2D eigenvalue weighted by Gasteiger charge is 2.22. The number of hydrogen-bond donors (Lipinski definition) is 2. The number of rotatable bonds is 9. The number of ether oxygens (including phenoxy) is 3. The fraction of sp³-hybridized carbons (Fsp3) is 0.667. The Labute approximate surface area is 154 Å². The number of amides is 1. The SMILES string of the molecule is COCCOC(=O)c1c(C)[nH]c(C(=O)NCCCN2CCOCC2)c1C. The van der Waals surface area contributed by atoms with Crippen molar-refractivity contribution in [3.8, 4) is 0 Å². The van der Waals surface area contributed by atoms with Crippen molar-refractivity contribution in [1.29, 1.82) is 0 Å². The molecule has 0 atom stereocenters. The molecule has 0 bridgehead atoms. The van der Waals surface area contributed by atoms with Crippen LogP contribution < -0.4 is 5.32 Å². The van der Waals surface area contributed by atoms with Gasteiger partial charge in [-0.2, -0.15) is 0 Å². The van der Waals surface area contributed by atoms with Gasteiger partial charge in [0.1, 0.15) is 12.3 Å². The summed E-state index contributed by atoms with van der Waals surface area (Å²) >= 11 is 0. The largest absolute Gasteiger partial charge is 0.460 e. The Balaban J connectivity index is 1.84. The van der Waals surface area contributed by atoms with Gasteiger partial charge in [-0.05, 0) is 32.4 Å². The van der Waals surface area contributed by atoms with Crippen molar-refractivity contribution in [2.45, 2.75) is 20.3 Å². The number of hydrogen-bond acceptors (Lipinski definition) is 6. The summed E-state index contributed by atoms with van der Waals surface area (Å²) in [6, 6.07) is 0. The lowest BCUT2D eigenvalue weighted by molar-refractivity contribution is 0.0373. The summed E-state index contributed by atoms with van der Waals surface area (Å²) in [7, 11) is 1.54. The van der Waals surface area contributed by atoms with Crippen LogP contribution in [0.4, 0.5) is 0 Å². The number of carbonyl (C=O) groups is 2. The number of esters is 1. The first kappa shape index (κ1) is 20.4. The summed E-state index contributed by atoms with van der Waals surface area (Å²) in [6.45, 7) is 8.98. The molecule has 1 amide bonds. The van der Waals surface area contributed by atoms with E-state index >= 15 is 0 Å². The second-order valence-electron chi connectivity index (χ2n) is 6.32. The molecule has 0 saturated carbocycles. The van der Waals surface area contributed by atoms with Crippen molar-refractivity contribution in [3.63, 3.8) is 0 Å². The molecular weight excluding hydrogens is 338 g/mol. The second kappa shape index (κ2) is 10.3. The number of aromatic nitrogens is 1. The maximum atomic E-state index is 12.4. The molecule has 2 N–H and O–H groups in total. The normalized spacial score (nSPS) is 15.0. The molecular formula is C18H29N3O5. The van der Waals surface area contributed by atoms with Crippen LogP contribution in [0.15, 0.2) is 0 Å². The monoisotopic (exact) mass is 367 g/mol. The van der Waals surface area contributed by atoms with Gasteiger partial charge in [-0.25, -0.2) is 4.79 Å². The lowest BCUT2D eigenvalue weighted by Crippen LogP contribution is -2.38. The lowest BCUT2D eigenvalue weighted by Gasteiger charge is -2.26. The van der Waals surface area contributed by atoms with E-state index in [-0.39, 0.29) is 12.5 Å². The predicted molar refractivity (Wildman–Crippen MR) is 96.6 cm³/mol. The molecule has 1 aliphatic rings. The number of aryl methyl sites for hydroxylation is 1. The van der Waals surface area contributed by atoms with E-state index in [4.69, 9.17) is 14.2 Å². The van der Waals surface area contributed by atoms with Gasteiger partial charge in [-0.3, -0.25) is 9.69 Å². The van der Waals surface area contributed by atoms with E-state index < -0.39 is 5.97 Å². The molecule has 26 heavy (non-hydrogen) atoms. The Morgan fingerprint density at radius 1 is 1.23 bits per heavy atom. The number of carbonyl (C=O) groups excluding carboxylic acids is 2. The van der Waals surface area contributed by atoms with Crippen molar-refractivity contribution in [3.05, 3.63) is 22.5 Å². The highest BCUT2D eigenvalue weighted by molar-refractivity contribution is 6.00. The Morgan fingerprint density at radius 2 is 1.96 bits per heavy atom. The molecule has 0 aromatic carbocycles. The zero-order valence-corrected chi connectivity index (χ0v) is 15.9. The Kier molecular flexibility index (Phi) is 8.08. The minimum atomic E-state index is -0.445. The molecule has 0 spiro atoms. The number of methoxy groups -OCH3 is 1. The smallest absolute Gasteiger partial charge is 0.340 e. The van der Waals surface area contributed by atoms with E-state index in [0.29, 0.717) is 35.7 Å². The van der Waals surface area contributed by atoms with Gasteiger partial charge in [0.15, 0.2) is 0 Å². The Hall–Kier alpha value is -1.90. The molecule has 1 fully saturated rings. The van der Waals surface area contributed by atoms with Crippen molar-refractivity contribution in [1.82, 2.24) is 15.2 Å². The van der Waals surface area contributed by atoms with Gasteiger partial charge in [0.25, 0.3) is 5.91 Å². The van der Waals surface area contributed by atoms with Crippen molar-refractivity contribution >= 4 is 11.9 Å². The van der Waals surface area contributed by atoms with E-state index in [1.54, 1.807) is 21.0 Å². The predicted octanol–water partition coefficient (Wildman–Crippen LogP) is 0.887. The molecule has 1 aliphatic heterocycles. The molecule has 0 unspecified atom stereocenters. The van der Waals surface area contributed by atoms with Gasteiger partial charge in [0.05, 0.1) is 25.4 Å². The number of nitrogens with one attached hydrogen (secondary N) is 2. The number of H-pyrrole nitrogens is 1. The number of morpholine rings is 1. The van der Waals surface area contributed by atoms with Crippen LogP contribution in [0.25, 0.3) is 0 Å². The fourth-order valence-corrected chi connectivity index (χ4v) is 2.99. The van der Waals surface area contributed by atoms with Crippen LogP contribution >= 0.6 is 0 Å². The third-order valence-corrected chi connectivity index (χ3v) is 4.43. The Bertz CT molecular complexity index is 608. The molecule has 0 radical (unpaired) electrons. The quantitative estimate of drug-likeness (QED) is 0.497. The van der Waals surface area contributed by atoms with Crippen molar-refractivity contribution in [2.24, 2.45) is 0 Å². The fourth-order valence-electron chi connectivity index (χ4n) is 2.99. The van der Waals surface area contributed by atoms with E-state index in [9.17, 15) is 9.59 Å². The summed E-state index contributed by atoms with van der Waals surface area (Å²) in [5.41, 5.74) is 2.06. The maximum absolute atomic E-state index is 12.4. The van der Waals surface area contributed by atoms with Crippen LogP contribution in [-0.4, -0.2) is 81.5 Å². The third-order valence-electron chi connectivity index (χ3n) is 4.43. The van der Waals surface area contributed by atoms with Gasteiger partial charge in [-0.15, -0.1) is 0 Å².